The maximum atomic E-state index is 13.4. The number of esters is 1. The van der Waals surface area contributed by atoms with E-state index in [1.54, 1.807) is 35.3 Å². The van der Waals surface area contributed by atoms with E-state index in [1.807, 2.05) is 78.9 Å². The van der Waals surface area contributed by atoms with Gasteiger partial charge in [-0.1, -0.05) is 72.3 Å². The summed E-state index contributed by atoms with van der Waals surface area (Å²) in [5.41, 5.74) is 4.25. The molecule has 0 aliphatic carbocycles. The molecule has 2 aromatic heterocycles. The number of hydrogen-bond acceptors (Lipinski definition) is 6. The van der Waals surface area contributed by atoms with Crippen LogP contribution in [-0.2, 0) is 9.53 Å². The van der Waals surface area contributed by atoms with Crippen LogP contribution in [0.5, 0.6) is 0 Å². The van der Waals surface area contributed by atoms with Crippen molar-refractivity contribution >= 4 is 45.9 Å². The van der Waals surface area contributed by atoms with Crippen molar-refractivity contribution in [3.63, 3.8) is 0 Å². The largest absolute Gasteiger partial charge is 0.462 e. The van der Waals surface area contributed by atoms with Crippen molar-refractivity contribution in [1.29, 1.82) is 5.26 Å². The number of nitriles is 1. The Morgan fingerprint density at radius 1 is 1.02 bits per heavy atom. The van der Waals surface area contributed by atoms with Gasteiger partial charge in [-0.15, -0.1) is 11.3 Å². The molecule has 2 heterocycles. The Morgan fingerprint density at radius 3 is 2.37 bits per heavy atom. The fourth-order valence-electron chi connectivity index (χ4n) is 4.20. The molecule has 1 N–H and O–H groups in total. The first kappa shape index (κ1) is 27.6. The first-order valence-electron chi connectivity index (χ1n) is 12.7. The summed E-state index contributed by atoms with van der Waals surface area (Å²) in [7, 11) is 0. The second-order valence-corrected chi connectivity index (χ2v) is 10.1. The smallest absolute Gasteiger partial charge is 0.341 e. The van der Waals surface area contributed by atoms with Gasteiger partial charge in [-0.05, 0) is 42.8 Å². The number of anilines is 1. The number of nitrogens with one attached hydrogen (secondary N) is 1. The van der Waals surface area contributed by atoms with Crippen LogP contribution in [0.4, 0.5) is 5.00 Å². The predicted molar refractivity (Wildman–Crippen MR) is 162 cm³/mol. The fraction of sp³-hybridized carbons (Fsp3) is 0.0625. The van der Waals surface area contributed by atoms with Crippen LogP contribution in [0.1, 0.15) is 22.8 Å². The molecule has 41 heavy (non-hydrogen) atoms. The zero-order valence-electron chi connectivity index (χ0n) is 21.9. The molecule has 202 valence electrons. The number of amides is 1. The molecule has 0 bridgehead atoms. The number of nitrogens with zero attached hydrogens (tertiary/aromatic N) is 3. The number of ether oxygens (including phenoxy) is 1. The van der Waals surface area contributed by atoms with Crippen LogP contribution in [-0.4, -0.2) is 28.3 Å². The quantitative estimate of drug-likeness (QED) is 0.116. The number of hydrogen-bond donors (Lipinski definition) is 1. The predicted octanol–water partition coefficient (Wildman–Crippen LogP) is 7.64. The monoisotopic (exact) mass is 578 g/mol. The molecule has 0 saturated heterocycles. The average molecular weight is 579 g/mol. The van der Waals surface area contributed by atoms with E-state index in [0.717, 1.165) is 16.8 Å². The van der Waals surface area contributed by atoms with Gasteiger partial charge in [-0.3, -0.25) is 4.79 Å². The summed E-state index contributed by atoms with van der Waals surface area (Å²) in [5, 5.41) is 20.1. The number of rotatable bonds is 8. The van der Waals surface area contributed by atoms with Gasteiger partial charge >= 0.3 is 5.97 Å². The molecule has 0 aliphatic rings. The molecule has 7 nitrogen and oxygen atoms in total. The number of benzene rings is 3. The van der Waals surface area contributed by atoms with Gasteiger partial charge in [-0.25, -0.2) is 9.48 Å². The van der Waals surface area contributed by atoms with Crippen molar-refractivity contribution in [2.45, 2.75) is 6.92 Å². The Labute approximate surface area is 245 Å². The molecule has 9 heteroatoms. The van der Waals surface area contributed by atoms with Gasteiger partial charge in [-0.2, -0.15) is 10.4 Å². The number of thiophene rings is 1. The van der Waals surface area contributed by atoms with Crippen LogP contribution in [0.2, 0.25) is 5.02 Å². The van der Waals surface area contributed by atoms with Crippen molar-refractivity contribution in [1.82, 2.24) is 9.78 Å². The minimum absolute atomic E-state index is 0.155. The van der Waals surface area contributed by atoms with Crippen molar-refractivity contribution in [2.75, 3.05) is 11.9 Å². The van der Waals surface area contributed by atoms with Gasteiger partial charge in [0, 0.05) is 33.3 Å². The van der Waals surface area contributed by atoms with Gasteiger partial charge in [0.1, 0.15) is 22.2 Å². The van der Waals surface area contributed by atoms with Crippen LogP contribution in [0.15, 0.2) is 102 Å². The Hall–Kier alpha value is -4.97. The van der Waals surface area contributed by atoms with Crippen LogP contribution in [0.25, 0.3) is 34.1 Å². The van der Waals surface area contributed by atoms with Crippen LogP contribution >= 0.6 is 22.9 Å². The lowest BCUT2D eigenvalue weighted by molar-refractivity contribution is -0.112. The first-order valence-corrected chi connectivity index (χ1v) is 13.9. The van der Waals surface area contributed by atoms with Gasteiger partial charge < -0.3 is 10.1 Å². The van der Waals surface area contributed by atoms with E-state index in [9.17, 15) is 14.9 Å². The molecule has 0 spiro atoms. The lowest BCUT2D eigenvalue weighted by Crippen LogP contribution is -2.16. The molecule has 1 amide bonds. The van der Waals surface area contributed by atoms with Crippen LogP contribution < -0.4 is 5.32 Å². The van der Waals surface area contributed by atoms with Gasteiger partial charge in [0.15, 0.2) is 0 Å². The normalized spacial score (nSPS) is 11.1. The zero-order chi connectivity index (χ0) is 28.8. The highest BCUT2D eigenvalue weighted by molar-refractivity contribution is 7.15. The number of para-hydroxylation sites is 1. The number of carbonyl (C=O) groups excluding carboxylic acids is 2. The number of aromatic nitrogens is 2. The molecule has 0 aliphatic heterocycles. The second-order valence-electron chi connectivity index (χ2n) is 8.78. The summed E-state index contributed by atoms with van der Waals surface area (Å²) in [5.74, 6) is -1.21. The Kier molecular flexibility index (Phi) is 8.39. The third kappa shape index (κ3) is 6.12. The van der Waals surface area contributed by atoms with Gasteiger partial charge in [0.2, 0.25) is 0 Å². The lowest BCUT2D eigenvalue weighted by Gasteiger charge is -2.08. The SMILES string of the molecule is CCOC(=O)c1c(-c2ccccc2)csc1NC(=O)/C(C#N)=C/c1cn(-c2ccccc2)nc1-c1ccc(Cl)cc1. The molecule has 3 aromatic carbocycles. The number of halogens is 1. The third-order valence-corrected chi connectivity index (χ3v) is 7.28. The fourth-order valence-corrected chi connectivity index (χ4v) is 5.28. The number of carbonyl (C=O) groups is 2. The Balaban J connectivity index is 1.53. The molecular weight excluding hydrogens is 556 g/mol. The van der Waals surface area contributed by atoms with E-state index in [2.05, 4.69) is 5.32 Å². The second kappa shape index (κ2) is 12.5. The molecule has 0 atom stereocenters. The molecule has 0 radical (unpaired) electrons. The van der Waals surface area contributed by atoms with Crippen molar-refractivity contribution in [2.24, 2.45) is 0 Å². The summed E-state index contributed by atoms with van der Waals surface area (Å²) >= 11 is 7.29. The van der Waals surface area contributed by atoms with E-state index in [0.29, 0.717) is 26.8 Å². The Morgan fingerprint density at radius 2 is 1.71 bits per heavy atom. The van der Waals surface area contributed by atoms with Crippen molar-refractivity contribution < 1.29 is 14.3 Å². The highest BCUT2D eigenvalue weighted by Crippen LogP contribution is 2.36. The average Bonchev–Trinajstić information content (AvgIpc) is 3.62. The summed E-state index contributed by atoms with van der Waals surface area (Å²) < 4.78 is 6.97. The minimum Gasteiger partial charge on any atom is -0.462 e. The van der Waals surface area contributed by atoms with Gasteiger partial charge in [0.25, 0.3) is 5.91 Å². The van der Waals surface area contributed by atoms with E-state index in [1.165, 1.54) is 17.4 Å². The highest BCUT2D eigenvalue weighted by atomic mass is 35.5. The standard InChI is InChI=1S/C32H23ClN4O3S/c1-2-40-32(39)28-27(21-9-5-3-6-10-21)20-41-31(28)35-30(38)23(18-34)17-24-19-37(26-11-7-4-8-12-26)36-29(24)22-13-15-25(33)16-14-22/h3-17,19-20H,2H2,1H3,(H,35,38)/b23-17+. The van der Waals surface area contributed by atoms with E-state index in [4.69, 9.17) is 21.4 Å². The molecule has 5 rings (SSSR count). The zero-order valence-corrected chi connectivity index (χ0v) is 23.4. The lowest BCUT2D eigenvalue weighted by atomic mass is 10.0. The Bertz CT molecular complexity index is 1770. The van der Waals surface area contributed by atoms with Crippen molar-refractivity contribution in [3.05, 3.63) is 118 Å². The van der Waals surface area contributed by atoms with E-state index < -0.39 is 11.9 Å². The molecule has 5 aromatic rings. The molecule has 0 unspecified atom stereocenters. The van der Waals surface area contributed by atoms with Gasteiger partial charge in [0.05, 0.1) is 18.0 Å². The summed E-state index contributed by atoms with van der Waals surface area (Å²) in [4.78, 5) is 26.3. The summed E-state index contributed by atoms with van der Waals surface area (Å²) in [6.45, 7) is 1.90. The van der Waals surface area contributed by atoms with E-state index in [-0.39, 0.29) is 17.7 Å². The first-order chi connectivity index (χ1) is 20.0. The third-order valence-electron chi connectivity index (χ3n) is 6.13. The molecule has 0 fully saturated rings. The maximum Gasteiger partial charge on any atom is 0.341 e. The summed E-state index contributed by atoms with van der Waals surface area (Å²) in [6.07, 6.45) is 3.24. The van der Waals surface area contributed by atoms with Crippen LogP contribution in [0.3, 0.4) is 0 Å². The molecule has 0 saturated carbocycles. The van der Waals surface area contributed by atoms with Crippen molar-refractivity contribution in [3.8, 4) is 34.1 Å². The maximum absolute atomic E-state index is 13.4. The summed E-state index contributed by atoms with van der Waals surface area (Å²) in [6, 6.07) is 28.0. The van der Waals surface area contributed by atoms with E-state index >= 15 is 0 Å². The topological polar surface area (TPSA) is 97.0 Å². The van der Waals surface area contributed by atoms with Crippen LogP contribution in [0, 0.1) is 11.3 Å². The molecular formula is C32H23ClN4O3S. The minimum atomic E-state index is -0.658. The highest BCUT2D eigenvalue weighted by Gasteiger charge is 2.24.